The molecule has 8 heteroatoms. The number of hydrogen-bond donors (Lipinski definition) is 2. The van der Waals surface area contributed by atoms with E-state index in [0.29, 0.717) is 17.4 Å². The smallest absolute Gasteiger partial charge is 0.361 e. The Morgan fingerprint density at radius 2 is 1.00 bits per heavy atom. The third kappa shape index (κ3) is 38.5. The zero-order valence-corrected chi connectivity index (χ0v) is 33.4. The standard InChI is InChI=1S/C44H75NO7/c1-5-6-7-8-9-10-11-12-13-14-15-16-17-18-19-20-21-22-23-24-25-26-27-28-29-30-31-32-33-34-35-36-42(47)51-39-41(46)40-52-44(43(48)49)50-38-37-45(2,3)4/h6-7,9-10,12-13,15-16,18-19,21-22,41,44,46H,5,8,11,14,17,20,23-40H2,1-4H3/p+1/b7-6-,10-9-,13-12-,16-15-,19-18-,22-21-. The van der Waals surface area contributed by atoms with Crippen LogP contribution in [0.15, 0.2) is 72.9 Å². The molecule has 0 radical (unpaired) electrons. The second-order valence-electron chi connectivity index (χ2n) is 14.4. The molecule has 0 saturated heterocycles. The Labute approximate surface area is 318 Å². The van der Waals surface area contributed by atoms with Gasteiger partial charge in [0.25, 0.3) is 6.29 Å². The Hall–Kier alpha value is -2.78. The van der Waals surface area contributed by atoms with E-state index in [4.69, 9.17) is 14.2 Å². The lowest BCUT2D eigenvalue weighted by atomic mass is 10.0. The van der Waals surface area contributed by atoms with Crippen LogP contribution in [0.4, 0.5) is 0 Å². The first-order chi connectivity index (χ1) is 25.2. The number of carboxylic acid groups (broad SMARTS) is 1. The maximum atomic E-state index is 12.0. The zero-order chi connectivity index (χ0) is 38.4. The molecule has 0 aliphatic rings. The predicted molar refractivity (Wildman–Crippen MR) is 216 cm³/mol. The molecule has 0 aromatic heterocycles. The van der Waals surface area contributed by atoms with Crippen LogP contribution in [0.25, 0.3) is 0 Å². The van der Waals surface area contributed by atoms with Crippen LogP contribution >= 0.6 is 0 Å². The van der Waals surface area contributed by atoms with Crippen molar-refractivity contribution in [2.45, 2.75) is 148 Å². The van der Waals surface area contributed by atoms with Gasteiger partial charge in [0, 0.05) is 6.42 Å². The molecule has 0 amide bonds. The topological polar surface area (TPSA) is 102 Å². The number of ether oxygens (including phenoxy) is 3. The number of carboxylic acids is 1. The van der Waals surface area contributed by atoms with Gasteiger partial charge in [-0.1, -0.05) is 144 Å². The average molecular weight is 731 g/mol. The first-order valence-electron chi connectivity index (χ1n) is 20.2. The van der Waals surface area contributed by atoms with Crippen molar-refractivity contribution in [3.63, 3.8) is 0 Å². The molecular weight excluding hydrogens is 654 g/mol. The third-order valence-corrected chi connectivity index (χ3v) is 8.21. The van der Waals surface area contributed by atoms with E-state index in [2.05, 4.69) is 79.8 Å². The summed E-state index contributed by atoms with van der Waals surface area (Å²) in [6.07, 6.45) is 46.6. The predicted octanol–water partition coefficient (Wildman–Crippen LogP) is 10.2. The highest BCUT2D eigenvalue weighted by Crippen LogP contribution is 2.13. The molecule has 2 unspecified atom stereocenters. The average Bonchev–Trinajstić information content (AvgIpc) is 3.10. The quantitative estimate of drug-likeness (QED) is 0.0218. The van der Waals surface area contributed by atoms with E-state index in [1.807, 2.05) is 21.1 Å². The highest BCUT2D eigenvalue weighted by atomic mass is 16.7. The lowest BCUT2D eigenvalue weighted by Crippen LogP contribution is -2.40. The van der Waals surface area contributed by atoms with Crippen LogP contribution in [-0.2, 0) is 23.8 Å². The highest BCUT2D eigenvalue weighted by molar-refractivity contribution is 5.70. The number of quaternary nitrogens is 1. The van der Waals surface area contributed by atoms with E-state index >= 15 is 0 Å². The molecule has 0 heterocycles. The fourth-order valence-electron chi connectivity index (χ4n) is 5.07. The van der Waals surface area contributed by atoms with Gasteiger partial charge >= 0.3 is 11.9 Å². The molecule has 52 heavy (non-hydrogen) atoms. The monoisotopic (exact) mass is 731 g/mol. The summed E-state index contributed by atoms with van der Waals surface area (Å²) in [5.41, 5.74) is 0. The molecule has 8 nitrogen and oxygen atoms in total. The van der Waals surface area contributed by atoms with E-state index in [-0.39, 0.29) is 25.8 Å². The van der Waals surface area contributed by atoms with Gasteiger partial charge in [0.2, 0.25) is 0 Å². The van der Waals surface area contributed by atoms with Crippen molar-refractivity contribution in [3.8, 4) is 0 Å². The van der Waals surface area contributed by atoms with Crippen LogP contribution in [0.3, 0.4) is 0 Å². The Morgan fingerprint density at radius 3 is 1.44 bits per heavy atom. The molecule has 0 aliphatic carbocycles. The van der Waals surface area contributed by atoms with Gasteiger partial charge in [-0.15, -0.1) is 0 Å². The van der Waals surface area contributed by atoms with Crippen molar-refractivity contribution >= 4 is 11.9 Å². The van der Waals surface area contributed by atoms with Gasteiger partial charge in [0.05, 0.1) is 34.4 Å². The number of aliphatic hydroxyl groups excluding tert-OH is 1. The van der Waals surface area contributed by atoms with Gasteiger partial charge in [-0.05, 0) is 57.8 Å². The van der Waals surface area contributed by atoms with E-state index in [9.17, 15) is 19.8 Å². The third-order valence-electron chi connectivity index (χ3n) is 8.21. The summed E-state index contributed by atoms with van der Waals surface area (Å²) in [6, 6.07) is 0. The maximum Gasteiger partial charge on any atom is 0.361 e. The zero-order valence-electron chi connectivity index (χ0n) is 33.4. The summed E-state index contributed by atoms with van der Waals surface area (Å²) >= 11 is 0. The number of carbonyl (C=O) groups excluding carboxylic acids is 1. The Balaban J connectivity index is 3.53. The molecule has 0 saturated carbocycles. The van der Waals surface area contributed by atoms with Crippen molar-refractivity contribution in [3.05, 3.63) is 72.9 Å². The number of aliphatic carboxylic acids is 1. The minimum atomic E-state index is -1.47. The lowest BCUT2D eigenvalue weighted by molar-refractivity contribution is -0.870. The molecule has 2 N–H and O–H groups in total. The van der Waals surface area contributed by atoms with Crippen molar-refractivity contribution in [2.75, 3.05) is 47.5 Å². The molecule has 0 bridgehead atoms. The van der Waals surface area contributed by atoms with Crippen LogP contribution < -0.4 is 0 Å². The lowest BCUT2D eigenvalue weighted by Gasteiger charge is -2.24. The number of allylic oxidation sites excluding steroid dienone is 12. The largest absolute Gasteiger partial charge is 0.477 e. The van der Waals surface area contributed by atoms with Gasteiger partial charge in [-0.2, -0.15) is 0 Å². The second kappa shape index (κ2) is 36.6. The summed E-state index contributed by atoms with van der Waals surface area (Å²) in [7, 11) is 5.91. The minimum Gasteiger partial charge on any atom is -0.477 e. The summed E-state index contributed by atoms with van der Waals surface area (Å²) in [4.78, 5) is 23.3. The van der Waals surface area contributed by atoms with Crippen LogP contribution in [0.1, 0.15) is 135 Å². The van der Waals surface area contributed by atoms with Gasteiger partial charge < -0.3 is 28.9 Å². The summed E-state index contributed by atoms with van der Waals surface area (Å²) in [6.45, 7) is 2.46. The van der Waals surface area contributed by atoms with Gasteiger partial charge in [-0.25, -0.2) is 4.79 Å². The SMILES string of the molecule is CC/C=C\C/C=C\C/C=C\C/C=C\C/C=C\C/C=C\CCCCCCCCCCCCCCC(=O)OCC(O)COC(OCC[N+](C)(C)C)C(=O)O. The molecule has 0 fully saturated rings. The number of rotatable bonds is 36. The number of carbonyl (C=O) groups is 2. The van der Waals surface area contributed by atoms with Crippen LogP contribution in [0, 0.1) is 0 Å². The molecule has 298 valence electrons. The van der Waals surface area contributed by atoms with E-state index in [1.54, 1.807) is 0 Å². The second-order valence-corrected chi connectivity index (χ2v) is 14.4. The van der Waals surface area contributed by atoms with Crippen LogP contribution in [-0.4, -0.2) is 86.5 Å². The molecular formula is C44H76NO7+. The normalized spacial score (nSPS) is 13.9. The van der Waals surface area contributed by atoms with Crippen LogP contribution in [0.2, 0.25) is 0 Å². The van der Waals surface area contributed by atoms with E-state index in [1.165, 1.54) is 64.2 Å². The van der Waals surface area contributed by atoms with Gasteiger partial charge in [0.15, 0.2) is 0 Å². The van der Waals surface area contributed by atoms with Gasteiger partial charge in [0.1, 0.15) is 19.3 Å². The van der Waals surface area contributed by atoms with Crippen LogP contribution in [0.5, 0.6) is 0 Å². The number of hydrogen-bond acceptors (Lipinski definition) is 6. The fraction of sp³-hybridized carbons (Fsp3) is 0.682. The van der Waals surface area contributed by atoms with Crippen molar-refractivity contribution < 1.29 is 38.5 Å². The Bertz CT molecular complexity index is 1020. The molecule has 0 aromatic carbocycles. The van der Waals surface area contributed by atoms with E-state index in [0.717, 1.165) is 57.8 Å². The molecule has 0 rings (SSSR count). The molecule has 0 aromatic rings. The molecule has 2 atom stereocenters. The number of aliphatic hydroxyl groups is 1. The summed E-state index contributed by atoms with van der Waals surface area (Å²) in [5.74, 6) is -1.62. The Kier molecular flexibility index (Phi) is 34.6. The highest BCUT2D eigenvalue weighted by Gasteiger charge is 2.22. The van der Waals surface area contributed by atoms with Crippen molar-refractivity contribution in [1.29, 1.82) is 0 Å². The molecule has 0 spiro atoms. The minimum absolute atomic E-state index is 0.207. The van der Waals surface area contributed by atoms with E-state index < -0.39 is 18.4 Å². The first-order valence-corrected chi connectivity index (χ1v) is 20.2. The maximum absolute atomic E-state index is 12.0. The number of esters is 1. The van der Waals surface area contributed by atoms with Crippen molar-refractivity contribution in [1.82, 2.24) is 0 Å². The van der Waals surface area contributed by atoms with Gasteiger partial charge in [-0.3, -0.25) is 4.79 Å². The van der Waals surface area contributed by atoms with Crippen molar-refractivity contribution in [2.24, 2.45) is 0 Å². The number of nitrogens with zero attached hydrogens (tertiary/aromatic N) is 1. The summed E-state index contributed by atoms with van der Waals surface area (Å²) in [5, 5.41) is 19.2. The number of likely N-dealkylation sites (N-methyl/N-ethyl adjacent to an activating group) is 1. The first kappa shape index (κ1) is 49.2. The fourth-order valence-corrected chi connectivity index (χ4v) is 5.07. The Morgan fingerprint density at radius 1 is 0.577 bits per heavy atom. The molecule has 0 aliphatic heterocycles. The number of unbranched alkanes of at least 4 members (excludes halogenated alkanes) is 12. The summed E-state index contributed by atoms with van der Waals surface area (Å²) < 4.78 is 16.2.